The number of nitrogens with zero attached hydrogens (tertiary/aromatic N) is 3. The van der Waals surface area contributed by atoms with E-state index < -0.39 is 11.8 Å². The minimum Gasteiger partial charge on any atom is -0.490 e. The molecule has 1 aromatic carbocycles. The molecule has 6 rings (SSSR count). The van der Waals surface area contributed by atoms with Crippen LogP contribution in [0.2, 0.25) is 0 Å². The number of amides is 2. The second kappa shape index (κ2) is 8.18. The molecule has 188 valence electrons. The Hall–Kier alpha value is -3.69. The van der Waals surface area contributed by atoms with Crippen LogP contribution in [0.25, 0.3) is 5.65 Å². The molecule has 3 aliphatic rings. The molecular weight excluding hydrogens is 468 g/mol. The van der Waals surface area contributed by atoms with Crippen molar-refractivity contribution in [3.8, 4) is 5.75 Å². The van der Waals surface area contributed by atoms with Crippen molar-refractivity contribution in [2.24, 2.45) is 11.1 Å². The largest absolute Gasteiger partial charge is 0.490 e. The summed E-state index contributed by atoms with van der Waals surface area (Å²) < 4.78 is 34.8. The fourth-order valence-electron chi connectivity index (χ4n) is 5.91. The van der Waals surface area contributed by atoms with Crippen molar-refractivity contribution in [2.45, 2.75) is 50.2 Å². The first kappa shape index (κ1) is 22.8. The lowest BCUT2D eigenvalue weighted by Gasteiger charge is -2.57. The minimum absolute atomic E-state index is 0.0330. The summed E-state index contributed by atoms with van der Waals surface area (Å²) in [7, 11) is 0. The lowest BCUT2D eigenvalue weighted by Crippen LogP contribution is -2.58. The summed E-state index contributed by atoms with van der Waals surface area (Å²) in [4.78, 5) is 30.5. The molecule has 1 aliphatic heterocycles. The molecule has 1 saturated heterocycles. The van der Waals surface area contributed by atoms with Crippen LogP contribution in [-0.2, 0) is 0 Å². The van der Waals surface area contributed by atoms with E-state index in [4.69, 9.17) is 10.5 Å². The van der Waals surface area contributed by atoms with Crippen molar-refractivity contribution in [3.05, 3.63) is 60.0 Å². The molecule has 36 heavy (non-hydrogen) atoms. The Morgan fingerprint density at radius 3 is 2.64 bits per heavy atom. The Kier molecular flexibility index (Phi) is 5.17. The molecule has 0 radical (unpaired) electrons. The van der Waals surface area contributed by atoms with Gasteiger partial charge in [0.05, 0.1) is 24.4 Å². The number of primary amides is 1. The highest BCUT2D eigenvalue weighted by Gasteiger charge is 2.54. The first-order valence-corrected chi connectivity index (χ1v) is 12.2. The number of carbonyl (C=O) groups excluding carboxylic acids is 2. The fraction of sp³-hybridized carbons (Fsp3) is 0.423. The summed E-state index contributed by atoms with van der Waals surface area (Å²) in [6.45, 7) is -0.00554. The molecule has 0 atom stereocenters. The van der Waals surface area contributed by atoms with E-state index in [-0.39, 0.29) is 36.4 Å². The van der Waals surface area contributed by atoms with Crippen LogP contribution in [-0.4, -0.2) is 52.4 Å². The minimum atomic E-state index is -2.67. The number of ether oxygens (including phenoxy) is 1. The van der Waals surface area contributed by atoms with Gasteiger partial charge in [-0.05, 0) is 49.3 Å². The van der Waals surface area contributed by atoms with Crippen LogP contribution in [0.3, 0.4) is 0 Å². The molecular formula is C26H27F2N5O3. The van der Waals surface area contributed by atoms with Gasteiger partial charge in [-0.3, -0.25) is 14.0 Å². The zero-order valence-electron chi connectivity index (χ0n) is 19.6. The number of hydrogen-bond donors (Lipinski definition) is 2. The number of hydrogen-bond acceptors (Lipinski definition) is 5. The Morgan fingerprint density at radius 2 is 1.92 bits per heavy atom. The summed E-state index contributed by atoms with van der Waals surface area (Å²) in [5.41, 5.74) is 7.63. The van der Waals surface area contributed by atoms with Gasteiger partial charge in [-0.25, -0.2) is 13.8 Å². The van der Waals surface area contributed by atoms with E-state index >= 15 is 0 Å². The van der Waals surface area contributed by atoms with Gasteiger partial charge in [0, 0.05) is 37.0 Å². The normalized spacial score (nSPS) is 26.4. The lowest BCUT2D eigenvalue weighted by molar-refractivity contribution is -0.0834. The highest BCUT2D eigenvalue weighted by molar-refractivity contribution is 5.95. The van der Waals surface area contributed by atoms with Crippen LogP contribution in [0.5, 0.6) is 5.75 Å². The summed E-state index contributed by atoms with van der Waals surface area (Å²) in [5.74, 6) is -2.87. The van der Waals surface area contributed by atoms with E-state index in [1.165, 1.54) is 6.20 Å². The van der Waals surface area contributed by atoms with Crippen molar-refractivity contribution in [1.29, 1.82) is 0 Å². The van der Waals surface area contributed by atoms with E-state index in [0.717, 1.165) is 25.7 Å². The van der Waals surface area contributed by atoms with E-state index in [1.807, 2.05) is 6.07 Å². The standard InChI is InChI=1S/C26H27F2N5O3/c27-26(28)6-8-32(15-26)17-5-7-33-20(14-30-22(33)9-17)24(35)31-16-10-25(11-16)12-18(13-25)36-21-4-2-1-3-19(21)23(29)34/h1-5,7,9,14,16,18H,6,8,10-13,15H2,(H2,29,34)(H,31,35). The van der Waals surface area contributed by atoms with Crippen molar-refractivity contribution < 1.29 is 23.1 Å². The Labute approximate surface area is 206 Å². The number of anilines is 1. The van der Waals surface area contributed by atoms with Crippen molar-refractivity contribution in [3.63, 3.8) is 0 Å². The second-order valence-electron chi connectivity index (χ2n) is 10.4. The third-order valence-electron chi connectivity index (χ3n) is 7.73. The molecule has 0 bridgehead atoms. The van der Waals surface area contributed by atoms with Gasteiger partial charge in [-0.2, -0.15) is 0 Å². The van der Waals surface area contributed by atoms with Gasteiger partial charge in [0.1, 0.15) is 17.1 Å². The maximum Gasteiger partial charge on any atom is 0.270 e. The van der Waals surface area contributed by atoms with Crippen molar-refractivity contribution >= 4 is 23.1 Å². The molecule has 1 spiro atoms. The highest BCUT2D eigenvalue weighted by atomic mass is 19.3. The molecule has 2 aromatic heterocycles. The molecule has 2 saturated carbocycles. The molecule has 10 heteroatoms. The number of nitrogens with one attached hydrogen (secondary N) is 1. The van der Waals surface area contributed by atoms with Crippen LogP contribution >= 0.6 is 0 Å². The molecule has 3 aromatic rings. The first-order chi connectivity index (χ1) is 17.2. The van der Waals surface area contributed by atoms with Crippen LogP contribution in [0.1, 0.15) is 53.0 Å². The van der Waals surface area contributed by atoms with Gasteiger partial charge in [-0.15, -0.1) is 0 Å². The third kappa shape index (κ3) is 4.04. The third-order valence-corrected chi connectivity index (χ3v) is 7.73. The molecule has 0 unspecified atom stereocenters. The van der Waals surface area contributed by atoms with Crippen LogP contribution in [0.4, 0.5) is 14.5 Å². The quantitative estimate of drug-likeness (QED) is 0.546. The molecule has 3 N–H and O–H groups in total. The van der Waals surface area contributed by atoms with E-state index in [0.29, 0.717) is 34.9 Å². The molecule has 8 nitrogen and oxygen atoms in total. The van der Waals surface area contributed by atoms with Crippen molar-refractivity contribution in [2.75, 3.05) is 18.0 Å². The lowest BCUT2D eigenvalue weighted by atomic mass is 9.53. The summed E-state index contributed by atoms with van der Waals surface area (Å²) in [6.07, 6.45) is 6.61. The SMILES string of the molecule is NC(=O)c1ccccc1OC1CC2(CC(NC(=O)c3cnc4cc(N5CCC(F)(F)C5)ccn34)C2)C1. The van der Waals surface area contributed by atoms with Crippen LogP contribution < -0.4 is 20.7 Å². The molecule has 2 amide bonds. The number of rotatable bonds is 6. The first-order valence-electron chi connectivity index (χ1n) is 12.2. The zero-order chi connectivity index (χ0) is 25.1. The highest BCUT2D eigenvalue weighted by Crippen LogP contribution is 2.57. The topological polar surface area (TPSA) is 102 Å². The predicted molar refractivity (Wildman–Crippen MR) is 129 cm³/mol. The molecule has 3 fully saturated rings. The Balaban J connectivity index is 1.03. The smallest absolute Gasteiger partial charge is 0.270 e. The van der Waals surface area contributed by atoms with E-state index in [9.17, 15) is 18.4 Å². The number of aromatic nitrogens is 2. The fourth-order valence-corrected chi connectivity index (χ4v) is 5.91. The van der Waals surface area contributed by atoms with E-state index in [1.54, 1.807) is 45.8 Å². The maximum absolute atomic E-state index is 13.6. The Bertz CT molecular complexity index is 1340. The summed E-state index contributed by atoms with van der Waals surface area (Å²) in [5, 5.41) is 3.09. The van der Waals surface area contributed by atoms with Gasteiger partial charge in [0.2, 0.25) is 0 Å². The van der Waals surface area contributed by atoms with Gasteiger partial charge < -0.3 is 20.7 Å². The number of halogens is 2. The number of nitrogens with two attached hydrogens (primary N) is 1. The van der Waals surface area contributed by atoms with Crippen LogP contribution in [0.15, 0.2) is 48.8 Å². The van der Waals surface area contributed by atoms with Gasteiger partial charge in [0.25, 0.3) is 17.7 Å². The number of alkyl halides is 2. The van der Waals surface area contributed by atoms with Crippen LogP contribution in [0, 0.1) is 5.41 Å². The monoisotopic (exact) mass is 495 g/mol. The van der Waals surface area contributed by atoms with E-state index in [2.05, 4.69) is 10.3 Å². The number of benzene rings is 1. The van der Waals surface area contributed by atoms with Gasteiger partial charge in [-0.1, -0.05) is 12.1 Å². The molecule has 2 aliphatic carbocycles. The Morgan fingerprint density at radius 1 is 1.14 bits per heavy atom. The zero-order valence-corrected chi connectivity index (χ0v) is 19.6. The number of fused-ring (bicyclic) bond motifs is 1. The molecule has 3 heterocycles. The maximum atomic E-state index is 13.6. The number of imidazole rings is 1. The van der Waals surface area contributed by atoms with Gasteiger partial charge >= 0.3 is 0 Å². The number of para-hydroxylation sites is 1. The van der Waals surface area contributed by atoms with Gasteiger partial charge in [0.15, 0.2) is 0 Å². The number of pyridine rings is 1. The average Bonchev–Trinajstić information content (AvgIpc) is 3.38. The predicted octanol–water partition coefficient (Wildman–Crippen LogP) is 3.40. The summed E-state index contributed by atoms with van der Waals surface area (Å²) in [6, 6.07) is 10.6. The average molecular weight is 496 g/mol. The number of carbonyl (C=O) groups is 2. The second-order valence-corrected chi connectivity index (χ2v) is 10.4. The summed E-state index contributed by atoms with van der Waals surface area (Å²) >= 11 is 0. The van der Waals surface area contributed by atoms with Crippen molar-refractivity contribution in [1.82, 2.24) is 14.7 Å².